The number of aromatic nitrogens is 2. The molecule has 0 saturated carbocycles. The van der Waals surface area contributed by atoms with Gasteiger partial charge >= 0.3 is 0 Å². The first-order valence-corrected chi connectivity index (χ1v) is 10.4. The van der Waals surface area contributed by atoms with Gasteiger partial charge in [-0.05, 0) is 37.0 Å². The molecule has 0 aliphatic heterocycles. The van der Waals surface area contributed by atoms with Crippen LogP contribution in [0.5, 0.6) is 0 Å². The smallest absolute Gasteiger partial charge is 0.191 e. The average Bonchev–Trinajstić information content (AvgIpc) is 2.74. The minimum Gasteiger partial charge on any atom is -0.417 e. The highest BCUT2D eigenvalue weighted by Gasteiger charge is 2.36. The van der Waals surface area contributed by atoms with Crippen molar-refractivity contribution in [1.82, 2.24) is 9.78 Å². The Morgan fingerprint density at radius 2 is 2.00 bits per heavy atom. The standard InChI is InChI=1S/C14H27ClN2OSi/c1-14(2,3)19(4,5)18-11-7-6-10-17-13(12-15)8-9-16-17/h8-9H,6-7,10-12H2,1-5H3. The van der Waals surface area contributed by atoms with Gasteiger partial charge in [0.1, 0.15) is 0 Å². The van der Waals surface area contributed by atoms with E-state index in [1.807, 2.05) is 16.9 Å². The molecule has 0 bridgehead atoms. The van der Waals surface area contributed by atoms with Crippen molar-refractivity contribution in [2.24, 2.45) is 0 Å². The zero-order valence-corrected chi connectivity index (χ0v) is 14.6. The van der Waals surface area contributed by atoms with Crippen LogP contribution in [0.2, 0.25) is 18.1 Å². The highest BCUT2D eigenvalue weighted by molar-refractivity contribution is 6.74. The van der Waals surface area contributed by atoms with Gasteiger partial charge in [-0.3, -0.25) is 4.68 Å². The predicted molar refractivity (Wildman–Crippen MR) is 84.2 cm³/mol. The van der Waals surface area contributed by atoms with E-state index in [9.17, 15) is 0 Å². The van der Waals surface area contributed by atoms with E-state index in [2.05, 4.69) is 39.0 Å². The SMILES string of the molecule is CC(C)(C)[Si](C)(C)OCCCCn1nccc1CCl. The Bertz CT molecular complexity index is 385. The third-order valence-corrected chi connectivity index (χ3v) is 8.79. The van der Waals surface area contributed by atoms with Gasteiger partial charge in [-0.15, -0.1) is 11.6 Å². The summed E-state index contributed by atoms with van der Waals surface area (Å²) in [5.74, 6) is 0.528. The molecular formula is C14H27ClN2OSi. The molecule has 1 heterocycles. The van der Waals surface area contributed by atoms with E-state index >= 15 is 0 Å². The van der Waals surface area contributed by atoms with Crippen molar-refractivity contribution >= 4 is 19.9 Å². The van der Waals surface area contributed by atoms with Crippen LogP contribution in [0.1, 0.15) is 39.3 Å². The number of aryl methyl sites for hydroxylation is 1. The van der Waals surface area contributed by atoms with E-state index < -0.39 is 8.32 Å². The molecular weight excluding hydrogens is 276 g/mol. The molecule has 0 amide bonds. The van der Waals surface area contributed by atoms with Crippen molar-refractivity contribution in [2.45, 2.75) is 64.2 Å². The molecule has 1 aromatic rings. The lowest BCUT2D eigenvalue weighted by Crippen LogP contribution is -2.40. The Balaban J connectivity index is 2.25. The Morgan fingerprint density at radius 3 is 2.58 bits per heavy atom. The van der Waals surface area contributed by atoms with Crippen molar-refractivity contribution < 1.29 is 4.43 Å². The van der Waals surface area contributed by atoms with Crippen molar-refractivity contribution in [3.8, 4) is 0 Å². The zero-order valence-electron chi connectivity index (χ0n) is 12.9. The number of hydrogen-bond acceptors (Lipinski definition) is 2. The lowest BCUT2D eigenvalue weighted by molar-refractivity contribution is 0.275. The second kappa shape index (κ2) is 6.91. The number of halogens is 1. The normalized spacial score (nSPS) is 12.9. The Morgan fingerprint density at radius 1 is 1.32 bits per heavy atom. The topological polar surface area (TPSA) is 27.1 Å². The fourth-order valence-electron chi connectivity index (χ4n) is 1.58. The summed E-state index contributed by atoms with van der Waals surface area (Å²) in [5.41, 5.74) is 1.09. The van der Waals surface area contributed by atoms with Gasteiger partial charge in [0.25, 0.3) is 0 Å². The van der Waals surface area contributed by atoms with Crippen LogP contribution in [0.25, 0.3) is 0 Å². The van der Waals surface area contributed by atoms with Gasteiger partial charge in [0.2, 0.25) is 0 Å². The van der Waals surface area contributed by atoms with Crippen LogP contribution in [-0.2, 0) is 16.9 Å². The van der Waals surface area contributed by atoms with Crippen LogP contribution < -0.4 is 0 Å². The Labute approximate surface area is 123 Å². The quantitative estimate of drug-likeness (QED) is 0.423. The molecule has 0 aliphatic carbocycles. The monoisotopic (exact) mass is 302 g/mol. The van der Waals surface area contributed by atoms with Gasteiger partial charge < -0.3 is 4.43 Å². The largest absolute Gasteiger partial charge is 0.417 e. The highest BCUT2D eigenvalue weighted by Crippen LogP contribution is 2.36. The van der Waals surface area contributed by atoms with E-state index in [1.165, 1.54) is 0 Å². The minimum absolute atomic E-state index is 0.292. The summed E-state index contributed by atoms with van der Waals surface area (Å²) in [6, 6.07) is 1.97. The molecule has 0 radical (unpaired) electrons. The molecule has 1 rings (SSSR count). The molecule has 1 aromatic heterocycles. The number of alkyl halides is 1. The number of nitrogens with zero attached hydrogens (tertiary/aromatic N) is 2. The number of unbranched alkanes of at least 4 members (excludes halogenated alkanes) is 1. The second-order valence-corrected chi connectivity index (χ2v) is 11.6. The summed E-state index contributed by atoms with van der Waals surface area (Å²) < 4.78 is 8.14. The summed E-state index contributed by atoms with van der Waals surface area (Å²) in [4.78, 5) is 0. The maximum Gasteiger partial charge on any atom is 0.191 e. The molecule has 0 saturated heterocycles. The van der Waals surface area contributed by atoms with Crippen LogP contribution in [-0.4, -0.2) is 24.7 Å². The molecule has 0 fully saturated rings. The Kier molecular flexibility index (Phi) is 6.08. The van der Waals surface area contributed by atoms with Gasteiger partial charge in [0, 0.05) is 19.3 Å². The van der Waals surface area contributed by atoms with Crippen LogP contribution in [0.4, 0.5) is 0 Å². The first kappa shape index (κ1) is 16.7. The first-order valence-electron chi connectivity index (χ1n) is 6.98. The van der Waals surface area contributed by atoms with Gasteiger partial charge in [-0.1, -0.05) is 20.8 Å². The third-order valence-electron chi connectivity index (χ3n) is 3.97. The molecule has 0 atom stereocenters. The molecule has 5 heteroatoms. The van der Waals surface area contributed by atoms with Crippen LogP contribution in [0, 0.1) is 0 Å². The van der Waals surface area contributed by atoms with Gasteiger partial charge in [-0.25, -0.2) is 0 Å². The fourth-order valence-corrected chi connectivity index (χ4v) is 2.90. The zero-order chi connectivity index (χ0) is 14.5. The van der Waals surface area contributed by atoms with Crippen LogP contribution in [0.3, 0.4) is 0 Å². The van der Waals surface area contributed by atoms with E-state index in [0.29, 0.717) is 10.9 Å². The molecule has 0 spiro atoms. The second-order valence-electron chi connectivity index (χ2n) is 6.50. The van der Waals surface area contributed by atoms with E-state index in [4.69, 9.17) is 16.0 Å². The first-order chi connectivity index (χ1) is 8.78. The van der Waals surface area contributed by atoms with E-state index in [1.54, 1.807) is 0 Å². The lowest BCUT2D eigenvalue weighted by Gasteiger charge is -2.36. The molecule has 0 unspecified atom stereocenters. The van der Waals surface area contributed by atoms with Crippen molar-refractivity contribution in [3.63, 3.8) is 0 Å². The van der Waals surface area contributed by atoms with Crippen molar-refractivity contribution in [2.75, 3.05) is 6.61 Å². The van der Waals surface area contributed by atoms with Crippen molar-refractivity contribution in [3.05, 3.63) is 18.0 Å². The van der Waals surface area contributed by atoms with Gasteiger partial charge in [0.15, 0.2) is 8.32 Å². The third kappa shape index (κ3) is 4.93. The summed E-state index contributed by atoms with van der Waals surface area (Å²) in [5, 5.41) is 4.57. The van der Waals surface area contributed by atoms with Crippen LogP contribution in [0.15, 0.2) is 12.3 Å². The number of rotatable bonds is 7. The Hall–Kier alpha value is -0.323. The maximum absolute atomic E-state index is 6.15. The lowest BCUT2D eigenvalue weighted by atomic mass is 10.2. The molecule has 0 aromatic carbocycles. The molecule has 3 nitrogen and oxygen atoms in total. The summed E-state index contributed by atoms with van der Waals surface area (Å²) in [7, 11) is -1.58. The van der Waals surface area contributed by atoms with Crippen molar-refractivity contribution in [1.29, 1.82) is 0 Å². The molecule has 110 valence electrons. The predicted octanol–water partition coefficient (Wildman–Crippen LogP) is 4.42. The molecule has 0 N–H and O–H groups in total. The van der Waals surface area contributed by atoms with Gasteiger partial charge in [-0.2, -0.15) is 5.10 Å². The maximum atomic E-state index is 6.15. The van der Waals surface area contributed by atoms with Gasteiger partial charge in [0.05, 0.1) is 11.6 Å². The average molecular weight is 303 g/mol. The van der Waals surface area contributed by atoms with E-state index in [-0.39, 0.29) is 0 Å². The molecule has 0 aliphatic rings. The molecule has 19 heavy (non-hydrogen) atoms. The van der Waals surface area contributed by atoms with Crippen LogP contribution >= 0.6 is 11.6 Å². The minimum atomic E-state index is -1.58. The van der Waals surface area contributed by atoms with E-state index in [0.717, 1.165) is 31.7 Å². The fraction of sp³-hybridized carbons (Fsp3) is 0.786. The summed E-state index contributed by atoms with van der Waals surface area (Å²) in [6.45, 7) is 13.2. The summed E-state index contributed by atoms with van der Waals surface area (Å²) >= 11 is 5.84. The number of hydrogen-bond donors (Lipinski definition) is 0. The highest BCUT2D eigenvalue weighted by atomic mass is 35.5. The summed E-state index contributed by atoms with van der Waals surface area (Å²) in [6.07, 6.45) is 3.97.